The molecule has 124 valence electrons. The van der Waals surface area contributed by atoms with Crippen molar-refractivity contribution in [2.24, 2.45) is 0 Å². The molecule has 3 aromatic heterocycles. The van der Waals surface area contributed by atoms with E-state index >= 15 is 0 Å². The molecular weight excluding hydrogens is 334 g/mol. The molecule has 0 saturated heterocycles. The van der Waals surface area contributed by atoms with E-state index in [9.17, 15) is 9.59 Å². The quantitative estimate of drug-likeness (QED) is 0.599. The maximum atomic E-state index is 12.6. The Morgan fingerprint density at radius 1 is 1.16 bits per heavy atom. The van der Waals surface area contributed by atoms with Gasteiger partial charge in [-0.25, -0.2) is 4.98 Å². The monoisotopic (exact) mass is 349 g/mol. The van der Waals surface area contributed by atoms with Crippen LogP contribution in [0.4, 0.5) is 5.69 Å². The van der Waals surface area contributed by atoms with E-state index in [0.29, 0.717) is 20.7 Å². The number of hydrogen-bond donors (Lipinski definition) is 1. The molecule has 0 unspecified atom stereocenters. The third kappa shape index (κ3) is 2.60. The van der Waals surface area contributed by atoms with Crippen LogP contribution in [-0.2, 0) is 0 Å². The zero-order valence-electron chi connectivity index (χ0n) is 13.7. The molecule has 1 N–H and O–H groups in total. The van der Waals surface area contributed by atoms with Gasteiger partial charge in [-0.2, -0.15) is 0 Å². The van der Waals surface area contributed by atoms with Gasteiger partial charge in [0, 0.05) is 11.9 Å². The summed E-state index contributed by atoms with van der Waals surface area (Å²) in [7, 11) is 0. The maximum absolute atomic E-state index is 12.6. The molecule has 0 aliphatic heterocycles. The number of hydrogen-bond acceptors (Lipinski definition) is 4. The van der Waals surface area contributed by atoms with Crippen LogP contribution in [0.1, 0.15) is 20.8 Å². The summed E-state index contributed by atoms with van der Waals surface area (Å²) < 4.78 is 1.49. The number of rotatable bonds is 2. The van der Waals surface area contributed by atoms with E-state index in [1.54, 1.807) is 24.4 Å². The molecule has 3 heterocycles. The third-order valence-electron chi connectivity index (χ3n) is 4.29. The summed E-state index contributed by atoms with van der Waals surface area (Å²) in [4.78, 5) is 30.7. The highest BCUT2D eigenvalue weighted by atomic mass is 32.1. The summed E-state index contributed by atoms with van der Waals surface area (Å²) in [5, 5.41) is 3.38. The first-order valence-electron chi connectivity index (χ1n) is 7.83. The number of pyridine rings is 1. The van der Waals surface area contributed by atoms with Crippen LogP contribution in [0, 0.1) is 13.8 Å². The lowest BCUT2D eigenvalue weighted by Crippen LogP contribution is -2.14. The van der Waals surface area contributed by atoms with Gasteiger partial charge < -0.3 is 5.32 Å². The van der Waals surface area contributed by atoms with Crippen molar-refractivity contribution in [3.63, 3.8) is 0 Å². The van der Waals surface area contributed by atoms with E-state index in [1.165, 1.54) is 15.7 Å². The van der Waals surface area contributed by atoms with Crippen molar-refractivity contribution in [2.75, 3.05) is 5.32 Å². The molecule has 4 aromatic rings. The van der Waals surface area contributed by atoms with Crippen molar-refractivity contribution in [1.29, 1.82) is 0 Å². The summed E-state index contributed by atoms with van der Waals surface area (Å²) in [6.07, 6.45) is 1.68. The van der Waals surface area contributed by atoms with Gasteiger partial charge in [-0.05, 0) is 49.2 Å². The Labute approximate surface area is 147 Å². The molecular formula is C19H15N3O2S. The van der Waals surface area contributed by atoms with Crippen LogP contribution in [0.25, 0.3) is 15.9 Å². The summed E-state index contributed by atoms with van der Waals surface area (Å²) >= 11 is 1.23. The summed E-state index contributed by atoms with van der Waals surface area (Å²) in [6.45, 7) is 3.97. The molecule has 0 spiro atoms. The first-order valence-corrected chi connectivity index (χ1v) is 8.65. The topological polar surface area (TPSA) is 63.5 Å². The summed E-state index contributed by atoms with van der Waals surface area (Å²) in [6, 6.07) is 12.8. The normalized spacial score (nSPS) is 11.1. The van der Waals surface area contributed by atoms with Crippen molar-refractivity contribution < 1.29 is 4.79 Å². The Morgan fingerprint density at radius 2 is 2.00 bits per heavy atom. The fourth-order valence-electron chi connectivity index (χ4n) is 2.73. The Bertz CT molecular complexity index is 1190. The molecule has 0 aliphatic rings. The molecule has 0 fully saturated rings. The molecule has 1 aromatic carbocycles. The fourth-order valence-corrected chi connectivity index (χ4v) is 3.65. The van der Waals surface area contributed by atoms with Crippen molar-refractivity contribution in [3.05, 3.63) is 75.0 Å². The predicted molar refractivity (Wildman–Crippen MR) is 101 cm³/mol. The Kier molecular flexibility index (Phi) is 3.62. The van der Waals surface area contributed by atoms with Crippen LogP contribution in [0.15, 0.2) is 53.5 Å². The fraction of sp³-hybridized carbons (Fsp3) is 0.105. The molecule has 4 rings (SSSR count). The van der Waals surface area contributed by atoms with Gasteiger partial charge in [-0.15, -0.1) is 11.3 Å². The van der Waals surface area contributed by atoms with E-state index < -0.39 is 0 Å². The highest BCUT2D eigenvalue weighted by Gasteiger charge is 2.15. The first kappa shape index (κ1) is 15.5. The number of carbonyl (C=O) groups is 1. The van der Waals surface area contributed by atoms with Gasteiger partial charge in [-0.1, -0.05) is 18.2 Å². The molecule has 0 bridgehead atoms. The summed E-state index contributed by atoms with van der Waals surface area (Å²) in [5.41, 5.74) is 3.32. The standard InChI is InChI=1S/C19H15N3O2S/c1-11-6-5-7-14(12(11)2)20-17(23)15-10-13-18(25-15)21-16-8-3-4-9-22(16)19(13)24/h3-10H,1-2H3,(H,20,23). The largest absolute Gasteiger partial charge is 0.321 e. The molecule has 5 nitrogen and oxygen atoms in total. The van der Waals surface area contributed by atoms with Crippen molar-refractivity contribution in [1.82, 2.24) is 9.38 Å². The van der Waals surface area contributed by atoms with Crippen LogP contribution in [-0.4, -0.2) is 15.3 Å². The smallest absolute Gasteiger partial charge is 0.266 e. The molecule has 25 heavy (non-hydrogen) atoms. The van der Waals surface area contributed by atoms with Gasteiger partial charge in [-0.3, -0.25) is 14.0 Å². The Balaban J connectivity index is 1.78. The molecule has 0 radical (unpaired) electrons. The van der Waals surface area contributed by atoms with Gasteiger partial charge >= 0.3 is 0 Å². The van der Waals surface area contributed by atoms with Crippen LogP contribution in [0.3, 0.4) is 0 Å². The number of fused-ring (bicyclic) bond motifs is 2. The number of anilines is 1. The lowest BCUT2D eigenvalue weighted by atomic mass is 10.1. The van der Waals surface area contributed by atoms with Gasteiger partial charge in [0.15, 0.2) is 0 Å². The second kappa shape index (κ2) is 5.82. The number of aryl methyl sites for hydroxylation is 1. The van der Waals surface area contributed by atoms with E-state index in [2.05, 4.69) is 10.3 Å². The van der Waals surface area contributed by atoms with E-state index in [1.807, 2.05) is 38.1 Å². The zero-order valence-corrected chi connectivity index (χ0v) is 14.6. The average molecular weight is 349 g/mol. The SMILES string of the molecule is Cc1cccc(NC(=O)c2cc3c(=O)n4ccccc4nc3s2)c1C. The van der Waals surface area contributed by atoms with Gasteiger partial charge in [0.2, 0.25) is 0 Å². The number of thiophene rings is 1. The second-order valence-electron chi connectivity index (χ2n) is 5.88. The van der Waals surface area contributed by atoms with Gasteiger partial charge in [0.05, 0.1) is 10.3 Å². The number of carbonyl (C=O) groups excluding carboxylic acids is 1. The molecule has 1 amide bonds. The van der Waals surface area contributed by atoms with Gasteiger partial charge in [0.25, 0.3) is 11.5 Å². The minimum Gasteiger partial charge on any atom is -0.321 e. The average Bonchev–Trinajstić information content (AvgIpc) is 3.04. The molecule has 6 heteroatoms. The van der Waals surface area contributed by atoms with Crippen LogP contribution < -0.4 is 10.9 Å². The number of nitrogens with zero attached hydrogens (tertiary/aromatic N) is 2. The van der Waals surface area contributed by atoms with E-state index in [0.717, 1.165) is 16.8 Å². The number of nitrogens with one attached hydrogen (secondary N) is 1. The van der Waals surface area contributed by atoms with E-state index in [4.69, 9.17) is 0 Å². The number of benzene rings is 1. The van der Waals surface area contributed by atoms with Crippen molar-refractivity contribution in [2.45, 2.75) is 13.8 Å². The maximum Gasteiger partial charge on any atom is 0.266 e. The van der Waals surface area contributed by atoms with Crippen LogP contribution in [0.5, 0.6) is 0 Å². The third-order valence-corrected chi connectivity index (χ3v) is 5.32. The van der Waals surface area contributed by atoms with Crippen LogP contribution in [0.2, 0.25) is 0 Å². The Hall–Kier alpha value is -2.99. The second-order valence-corrected chi connectivity index (χ2v) is 6.91. The first-order chi connectivity index (χ1) is 12.0. The minimum atomic E-state index is -0.231. The number of amides is 1. The zero-order chi connectivity index (χ0) is 17.6. The van der Waals surface area contributed by atoms with Crippen molar-refractivity contribution in [3.8, 4) is 0 Å². The van der Waals surface area contributed by atoms with Crippen LogP contribution >= 0.6 is 11.3 Å². The lowest BCUT2D eigenvalue weighted by Gasteiger charge is -2.09. The predicted octanol–water partition coefficient (Wildman–Crippen LogP) is 3.78. The van der Waals surface area contributed by atoms with E-state index in [-0.39, 0.29) is 11.5 Å². The highest BCUT2D eigenvalue weighted by molar-refractivity contribution is 7.20. The molecule has 0 aliphatic carbocycles. The molecule has 0 atom stereocenters. The summed E-state index contributed by atoms with van der Waals surface area (Å²) in [5.74, 6) is -0.231. The number of aromatic nitrogens is 2. The van der Waals surface area contributed by atoms with Gasteiger partial charge in [0.1, 0.15) is 10.5 Å². The lowest BCUT2D eigenvalue weighted by molar-refractivity contribution is 0.103. The van der Waals surface area contributed by atoms with Crippen molar-refractivity contribution >= 4 is 38.8 Å². The molecule has 0 saturated carbocycles. The Morgan fingerprint density at radius 3 is 2.84 bits per heavy atom. The minimum absolute atomic E-state index is 0.164. The highest BCUT2D eigenvalue weighted by Crippen LogP contribution is 2.24.